The highest BCUT2D eigenvalue weighted by atomic mass is 16.6. The largest absolute Gasteiger partial charge is 0.462 e. The van der Waals surface area contributed by atoms with Crippen LogP contribution >= 0.6 is 0 Å². The Morgan fingerprint density at radius 2 is 0.902 bits per heavy atom. The number of esters is 2. The van der Waals surface area contributed by atoms with Crippen LogP contribution in [0, 0.1) is 0 Å². The molecule has 0 rings (SSSR count). The van der Waals surface area contributed by atoms with Crippen LogP contribution in [0.4, 0.5) is 0 Å². The summed E-state index contributed by atoms with van der Waals surface area (Å²) in [4.78, 5) is 24.1. The SMILES string of the molecule is CCCCCCCCC=CCCCCCCCC(=O)OC(CO)COC(=O)CCCCCCCCCCCCCC. The molecule has 0 bridgehead atoms. The van der Waals surface area contributed by atoms with E-state index in [1.165, 1.54) is 116 Å². The predicted octanol–water partition coefficient (Wildman–Crippen LogP) is 10.6. The number of unbranched alkanes of at least 4 members (excludes halogenated alkanes) is 22. The molecule has 41 heavy (non-hydrogen) atoms. The van der Waals surface area contributed by atoms with E-state index in [-0.39, 0.29) is 25.2 Å². The number of hydrogen-bond acceptors (Lipinski definition) is 5. The van der Waals surface area contributed by atoms with Crippen LogP contribution in [0.3, 0.4) is 0 Å². The van der Waals surface area contributed by atoms with Crippen LogP contribution in [0.15, 0.2) is 12.2 Å². The average Bonchev–Trinajstić information content (AvgIpc) is 2.97. The number of hydrogen-bond donors (Lipinski definition) is 1. The molecule has 0 fully saturated rings. The van der Waals surface area contributed by atoms with Gasteiger partial charge in [0.15, 0.2) is 6.10 Å². The standard InChI is InChI=1S/C36H68O5/c1-3-5-7-9-11-13-15-17-18-19-21-23-25-27-29-31-36(39)41-34(32-37)33-40-35(38)30-28-26-24-22-20-16-14-12-10-8-6-4-2/h17-18,34,37H,3-16,19-33H2,1-2H3. The van der Waals surface area contributed by atoms with Gasteiger partial charge in [-0.2, -0.15) is 0 Å². The van der Waals surface area contributed by atoms with E-state index in [1.807, 2.05) is 0 Å². The van der Waals surface area contributed by atoms with Crippen LogP contribution in [0.2, 0.25) is 0 Å². The number of aliphatic hydroxyl groups is 1. The van der Waals surface area contributed by atoms with Crippen LogP contribution in [0.5, 0.6) is 0 Å². The molecular weight excluding hydrogens is 512 g/mol. The van der Waals surface area contributed by atoms with Gasteiger partial charge < -0.3 is 14.6 Å². The van der Waals surface area contributed by atoms with Crippen LogP contribution < -0.4 is 0 Å². The van der Waals surface area contributed by atoms with Crippen molar-refractivity contribution in [2.45, 2.75) is 193 Å². The number of ether oxygens (including phenoxy) is 2. The topological polar surface area (TPSA) is 72.8 Å². The van der Waals surface area contributed by atoms with Crippen molar-refractivity contribution in [3.8, 4) is 0 Å². The van der Waals surface area contributed by atoms with Gasteiger partial charge in [0.2, 0.25) is 0 Å². The second-order valence-corrected chi connectivity index (χ2v) is 12.0. The number of rotatable bonds is 32. The molecule has 0 aliphatic heterocycles. The summed E-state index contributed by atoms with van der Waals surface area (Å²) >= 11 is 0. The van der Waals surface area contributed by atoms with E-state index in [0.717, 1.165) is 44.9 Å². The second kappa shape index (κ2) is 33.1. The molecule has 0 aromatic heterocycles. The number of carbonyl (C=O) groups is 2. The van der Waals surface area contributed by atoms with E-state index in [2.05, 4.69) is 26.0 Å². The van der Waals surface area contributed by atoms with Crippen molar-refractivity contribution in [3.05, 3.63) is 12.2 Å². The van der Waals surface area contributed by atoms with Crippen molar-refractivity contribution >= 4 is 11.9 Å². The first-order chi connectivity index (χ1) is 20.1. The molecule has 5 nitrogen and oxygen atoms in total. The first-order valence-corrected chi connectivity index (χ1v) is 17.7. The quantitative estimate of drug-likeness (QED) is 0.0487. The molecule has 0 aromatic rings. The zero-order valence-corrected chi connectivity index (χ0v) is 27.3. The molecule has 0 saturated heterocycles. The van der Waals surface area contributed by atoms with Gasteiger partial charge in [-0.25, -0.2) is 0 Å². The van der Waals surface area contributed by atoms with Gasteiger partial charge in [-0.3, -0.25) is 9.59 Å². The first-order valence-electron chi connectivity index (χ1n) is 17.7. The summed E-state index contributed by atoms with van der Waals surface area (Å²) in [5, 5.41) is 9.51. The summed E-state index contributed by atoms with van der Waals surface area (Å²) in [7, 11) is 0. The molecule has 0 radical (unpaired) electrons. The third kappa shape index (κ3) is 31.4. The molecule has 0 aromatic carbocycles. The predicted molar refractivity (Wildman–Crippen MR) is 173 cm³/mol. The molecule has 0 aliphatic carbocycles. The maximum absolute atomic E-state index is 12.1. The van der Waals surface area contributed by atoms with Crippen molar-refractivity contribution < 1.29 is 24.2 Å². The fourth-order valence-electron chi connectivity index (χ4n) is 5.08. The Labute approximate surface area is 254 Å². The van der Waals surface area contributed by atoms with Gasteiger partial charge >= 0.3 is 11.9 Å². The van der Waals surface area contributed by atoms with E-state index < -0.39 is 6.10 Å². The zero-order chi connectivity index (χ0) is 30.1. The second-order valence-electron chi connectivity index (χ2n) is 12.0. The van der Waals surface area contributed by atoms with Crippen molar-refractivity contribution in [2.75, 3.05) is 13.2 Å². The summed E-state index contributed by atoms with van der Waals surface area (Å²) in [6.07, 6.45) is 35.5. The molecule has 0 spiro atoms. The fourth-order valence-corrected chi connectivity index (χ4v) is 5.08. The normalized spacial score (nSPS) is 12.2. The van der Waals surface area contributed by atoms with Gasteiger partial charge in [0, 0.05) is 12.8 Å². The molecule has 242 valence electrons. The van der Waals surface area contributed by atoms with Gasteiger partial charge in [0.1, 0.15) is 6.61 Å². The Morgan fingerprint density at radius 3 is 1.32 bits per heavy atom. The van der Waals surface area contributed by atoms with Crippen molar-refractivity contribution in [1.29, 1.82) is 0 Å². The van der Waals surface area contributed by atoms with Crippen molar-refractivity contribution in [3.63, 3.8) is 0 Å². The lowest BCUT2D eigenvalue weighted by atomic mass is 10.0. The Kier molecular flexibility index (Phi) is 32.0. The maximum Gasteiger partial charge on any atom is 0.306 e. The summed E-state index contributed by atoms with van der Waals surface area (Å²) in [6.45, 7) is 4.12. The van der Waals surface area contributed by atoms with Crippen molar-refractivity contribution in [2.24, 2.45) is 0 Å². The molecule has 0 amide bonds. The smallest absolute Gasteiger partial charge is 0.306 e. The Balaban J connectivity index is 3.56. The summed E-state index contributed by atoms with van der Waals surface area (Å²) < 4.78 is 10.6. The maximum atomic E-state index is 12.1. The lowest BCUT2D eigenvalue weighted by Crippen LogP contribution is -2.28. The van der Waals surface area contributed by atoms with Gasteiger partial charge in [-0.1, -0.05) is 148 Å². The Bertz CT molecular complexity index is 589. The minimum Gasteiger partial charge on any atom is -0.462 e. The Morgan fingerprint density at radius 1 is 0.537 bits per heavy atom. The fraction of sp³-hybridized carbons (Fsp3) is 0.889. The molecule has 0 saturated carbocycles. The van der Waals surface area contributed by atoms with Gasteiger partial charge in [-0.15, -0.1) is 0 Å². The molecule has 1 unspecified atom stereocenters. The van der Waals surface area contributed by atoms with Crippen LogP contribution in [0.25, 0.3) is 0 Å². The van der Waals surface area contributed by atoms with E-state index in [9.17, 15) is 14.7 Å². The molecule has 1 N–H and O–H groups in total. The van der Waals surface area contributed by atoms with Gasteiger partial charge in [-0.05, 0) is 38.5 Å². The number of carbonyl (C=O) groups excluding carboxylic acids is 2. The minimum atomic E-state index is -0.767. The van der Waals surface area contributed by atoms with E-state index in [1.54, 1.807) is 0 Å². The molecule has 0 heterocycles. The summed E-state index contributed by atoms with van der Waals surface area (Å²) in [5.41, 5.74) is 0. The van der Waals surface area contributed by atoms with Gasteiger partial charge in [0.05, 0.1) is 6.61 Å². The summed E-state index contributed by atoms with van der Waals surface area (Å²) in [6, 6.07) is 0. The average molecular weight is 581 g/mol. The van der Waals surface area contributed by atoms with Crippen LogP contribution in [-0.4, -0.2) is 36.4 Å². The van der Waals surface area contributed by atoms with E-state index >= 15 is 0 Å². The molecule has 5 heteroatoms. The number of allylic oxidation sites excluding steroid dienone is 2. The third-order valence-electron chi connectivity index (χ3n) is 7.81. The molecular formula is C36H68O5. The monoisotopic (exact) mass is 581 g/mol. The van der Waals surface area contributed by atoms with Gasteiger partial charge in [0.25, 0.3) is 0 Å². The highest BCUT2D eigenvalue weighted by Crippen LogP contribution is 2.13. The molecule has 1 atom stereocenters. The number of aliphatic hydroxyl groups excluding tert-OH is 1. The third-order valence-corrected chi connectivity index (χ3v) is 7.81. The summed E-state index contributed by atoms with van der Waals surface area (Å²) in [5.74, 6) is -0.595. The molecule has 0 aliphatic rings. The lowest BCUT2D eigenvalue weighted by Gasteiger charge is -2.15. The van der Waals surface area contributed by atoms with E-state index in [0.29, 0.717) is 12.8 Å². The lowest BCUT2D eigenvalue weighted by molar-refractivity contribution is -0.161. The highest BCUT2D eigenvalue weighted by Gasteiger charge is 2.16. The zero-order valence-electron chi connectivity index (χ0n) is 27.3. The van der Waals surface area contributed by atoms with Crippen LogP contribution in [0.1, 0.15) is 187 Å². The highest BCUT2D eigenvalue weighted by molar-refractivity contribution is 5.70. The Hall–Kier alpha value is -1.36. The van der Waals surface area contributed by atoms with E-state index in [4.69, 9.17) is 9.47 Å². The minimum absolute atomic E-state index is 0.0638. The van der Waals surface area contributed by atoms with Crippen molar-refractivity contribution in [1.82, 2.24) is 0 Å². The first kappa shape index (κ1) is 39.6. The van der Waals surface area contributed by atoms with Crippen LogP contribution in [-0.2, 0) is 19.1 Å².